The van der Waals surface area contributed by atoms with Crippen molar-refractivity contribution in [2.75, 3.05) is 17.2 Å². The van der Waals surface area contributed by atoms with Crippen LogP contribution in [0.1, 0.15) is 40.5 Å². The molecule has 0 heterocycles. The summed E-state index contributed by atoms with van der Waals surface area (Å²) in [5.41, 5.74) is 1.92. The molecule has 3 rings (SSSR count). The molecule has 3 aromatic rings. The molecule has 0 fully saturated rings. The molecule has 5 nitrogen and oxygen atoms in total. The van der Waals surface area contributed by atoms with E-state index < -0.39 is 0 Å². The fraction of sp³-hybridized carbons (Fsp3) is 0.167. The van der Waals surface area contributed by atoms with Gasteiger partial charge in [0.25, 0.3) is 11.8 Å². The maximum absolute atomic E-state index is 12.9. The van der Waals surface area contributed by atoms with E-state index in [1.165, 1.54) is 0 Å². The predicted molar refractivity (Wildman–Crippen MR) is 128 cm³/mol. The lowest BCUT2D eigenvalue weighted by Gasteiger charge is -2.13. The summed E-state index contributed by atoms with van der Waals surface area (Å²) in [5.74, 6) is -0.103. The van der Waals surface area contributed by atoms with Gasteiger partial charge in [0.05, 0.1) is 12.2 Å². The third-order valence-corrected chi connectivity index (χ3v) is 5.14. The standard InChI is InChI=1S/C24H22BrClN2O3/c1-2-3-12-31-22-11-10-17(25)14-21(22)24(30)28-19-8-4-6-16(13-19)23(29)27-20-9-5-7-18(26)15-20/h4-11,13-15H,2-3,12H2,1H3,(H,27,29)(H,28,30). The van der Waals surface area contributed by atoms with E-state index in [-0.39, 0.29) is 11.8 Å². The number of ether oxygens (including phenoxy) is 1. The minimum Gasteiger partial charge on any atom is -0.493 e. The molecule has 2 N–H and O–H groups in total. The van der Waals surface area contributed by atoms with E-state index in [1.807, 2.05) is 6.07 Å². The summed E-state index contributed by atoms with van der Waals surface area (Å²) in [6, 6.07) is 18.9. The Morgan fingerprint density at radius 2 is 1.65 bits per heavy atom. The predicted octanol–water partition coefficient (Wildman–Crippen LogP) is 6.79. The van der Waals surface area contributed by atoms with Gasteiger partial charge in [-0.3, -0.25) is 9.59 Å². The maximum atomic E-state index is 12.9. The van der Waals surface area contributed by atoms with E-state index in [4.69, 9.17) is 16.3 Å². The third kappa shape index (κ3) is 6.57. The van der Waals surface area contributed by atoms with Gasteiger partial charge in [-0.25, -0.2) is 0 Å². The summed E-state index contributed by atoms with van der Waals surface area (Å²) in [5, 5.41) is 6.17. The number of unbranched alkanes of at least 4 members (excludes halogenated alkanes) is 1. The van der Waals surface area contributed by atoms with Gasteiger partial charge in [0.2, 0.25) is 0 Å². The topological polar surface area (TPSA) is 67.4 Å². The number of hydrogen-bond donors (Lipinski definition) is 2. The lowest BCUT2D eigenvalue weighted by atomic mass is 10.1. The van der Waals surface area contributed by atoms with Gasteiger partial charge in [0.1, 0.15) is 5.75 Å². The number of halogens is 2. The molecule has 0 spiro atoms. The third-order valence-electron chi connectivity index (χ3n) is 4.41. The molecule has 0 bridgehead atoms. The van der Waals surface area contributed by atoms with Gasteiger partial charge in [-0.15, -0.1) is 0 Å². The van der Waals surface area contributed by atoms with Crippen molar-refractivity contribution in [3.8, 4) is 5.75 Å². The highest BCUT2D eigenvalue weighted by atomic mass is 79.9. The molecule has 2 amide bonds. The average Bonchev–Trinajstić information content (AvgIpc) is 2.75. The van der Waals surface area contributed by atoms with E-state index in [0.717, 1.165) is 17.3 Å². The second-order valence-corrected chi connectivity index (χ2v) is 8.19. The second kappa shape index (κ2) is 11.0. The Morgan fingerprint density at radius 3 is 2.39 bits per heavy atom. The number of carbonyl (C=O) groups is 2. The van der Waals surface area contributed by atoms with Crippen molar-refractivity contribution < 1.29 is 14.3 Å². The van der Waals surface area contributed by atoms with Gasteiger partial charge in [-0.2, -0.15) is 0 Å². The lowest BCUT2D eigenvalue weighted by Crippen LogP contribution is -2.16. The monoisotopic (exact) mass is 500 g/mol. The van der Waals surface area contributed by atoms with Crippen molar-refractivity contribution in [1.82, 2.24) is 0 Å². The Balaban J connectivity index is 1.74. The first-order valence-corrected chi connectivity index (χ1v) is 11.0. The summed E-state index contributed by atoms with van der Waals surface area (Å²) >= 11 is 9.37. The highest BCUT2D eigenvalue weighted by molar-refractivity contribution is 9.10. The Labute approximate surface area is 194 Å². The fourth-order valence-corrected chi connectivity index (χ4v) is 3.39. The lowest BCUT2D eigenvalue weighted by molar-refractivity contribution is 0.101. The smallest absolute Gasteiger partial charge is 0.259 e. The first-order valence-electron chi connectivity index (χ1n) is 9.87. The number of anilines is 2. The van der Waals surface area contributed by atoms with Crippen molar-refractivity contribution in [3.63, 3.8) is 0 Å². The highest BCUT2D eigenvalue weighted by Crippen LogP contribution is 2.25. The van der Waals surface area contributed by atoms with Crippen LogP contribution in [0.2, 0.25) is 5.02 Å². The summed E-state index contributed by atoms with van der Waals surface area (Å²) in [4.78, 5) is 25.5. The van der Waals surface area contributed by atoms with Gasteiger partial charge in [0.15, 0.2) is 0 Å². The van der Waals surface area contributed by atoms with Crippen LogP contribution in [0.15, 0.2) is 71.2 Å². The largest absolute Gasteiger partial charge is 0.493 e. The zero-order chi connectivity index (χ0) is 22.2. The number of rotatable bonds is 8. The zero-order valence-electron chi connectivity index (χ0n) is 17.0. The van der Waals surface area contributed by atoms with Crippen molar-refractivity contribution in [3.05, 3.63) is 87.4 Å². The van der Waals surface area contributed by atoms with Crippen LogP contribution in [0.5, 0.6) is 5.75 Å². The summed E-state index contributed by atoms with van der Waals surface area (Å²) < 4.78 is 6.55. The van der Waals surface area contributed by atoms with E-state index in [9.17, 15) is 9.59 Å². The molecule has 0 aromatic heterocycles. The summed E-state index contributed by atoms with van der Waals surface area (Å²) in [6.07, 6.45) is 1.91. The average molecular weight is 502 g/mol. The number of carbonyl (C=O) groups excluding carboxylic acids is 2. The van der Waals surface area contributed by atoms with Gasteiger partial charge < -0.3 is 15.4 Å². The SMILES string of the molecule is CCCCOc1ccc(Br)cc1C(=O)Nc1cccc(C(=O)Nc2cccc(Cl)c2)c1. The van der Waals surface area contributed by atoms with Gasteiger partial charge >= 0.3 is 0 Å². The van der Waals surface area contributed by atoms with Crippen molar-refractivity contribution in [2.24, 2.45) is 0 Å². The molecule has 160 valence electrons. The molecule has 0 unspecified atom stereocenters. The van der Waals surface area contributed by atoms with Crippen LogP contribution in [0, 0.1) is 0 Å². The molecule has 0 radical (unpaired) electrons. The number of benzene rings is 3. The van der Waals surface area contributed by atoms with Crippen LogP contribution in [0.4, 0.5) is 11.4 Å². The summed E-state index contributed by atoms with van der Waals surface area (Å²) in [7, 11) is 0. The number of hydrogen-bond acceptors (Lipinski definition) is 3. The normalized spacial score (nSPS) is 10.4. The molecule has 0 saturated carbocycles. The number of amides is 2. The quantitative estimate of drug-likeness (QED) is 0.334. The zero-order valence-corrected chi connectivity index (χ0v) is 19.3. The second-order valence-electron chi connectivity index (χ2n) is 6.84. The van der Waals surface area contributed by atoms with Crippen LogP contribution in [0.25, 0.3) is 0 Å². The Kier molecular flexibility index (Phi) is 8.09. The summed E-state index contributed by atoms with van der Waals surface area (Å²) in [6.45, 7) is 2.62. The highest BCUT2D eigenvalue weighted by Gasteiger charge is 2.15. The first kappa shape index (κ1) is 22.8. The minimum absolute atomic E-state index is 0.301. The van der Waals surface area contributed by atoms with E-state index >= 15 is 0 Å². The maximum Gasteiger partial charge on any atom is 0.259 e. The molecule has 0 aliphatic heterocycles. The van der Waals surface area contributed by atoms with E-state index in [2.05, 4.69) is 33.5 Å². The van der Waals surface area contributed by atoms with Crippen LogP contribution >= 0.6 is 27.5 Å². The van der Waals surface area contributed by atoms with Crippen molar-refractivity contribution in [1.29, 1.82) is 0 Å². The molecule has 0 atom stereocenters. The fourth-order valence-electron chi connectivity index (χ4n) is 2.84. The molecule has 0 aliphatic carbocycles. The Morgan fingerprint density at radius 1 is 0.935 bits per heavy atom. The van der Waals surface area contributed by atoms with Gasteiger partial charge in [-0.1, -0.05) is 53.0 Å². The van der Waals surface area contributed by atoms with Crippen LogP contribution in [-0.4, -0.2) is 18.4 Å². The molecule has 0 saturated heterocycles. The van der Waals surface area contributed by atoms with Crippen molar-refractivity contribution >= 4 is 50.7 Å². The molecule has 7 heteroatoms. The van der Waals surface area contributed by atoms with Gasteiger partial charge in [0, 0.05) is 26.4 Å². The van der Waals surface area contributed by atoms with Crippen LogP contribution < -0.4 is 15.4 Å². The Hall–Kier alpha value is -2.83. The number of nitrogens with one attached hydrogen (secondary N) is 2. The molecule has 3 aromatic carbocycles. The molecule has 31 heavy (non-hydrogen) atoms. The molecule has 0 aliphatic rings. The van der Waals surface area contributed by atoms with Gasteiger partial charge in [-0.05, 0) is 61.0 Å². The van der Waals surface area contributed by atoms with E-state index in [0.29, 0.717) is 39.9 Å². The molecular weight excluding hydrogens is 480 g/mol. The minimum atomic E-state index is -0.319. The van der Waals surface area contributed by atoms with Crippen molar-refractivity contribution in [2.45, 2.75) is 19.8 Å². The Bertz CT molecular complexity index is 1090. The van der Waals surface area contributed by atoms with Crippen LogP contribution in [-0.2, 0) is 0 Å². The van der Waals surface area contributed by atoms with E-state index in [1.54, 1.807) is 60.7 Å². The first-order chi connectivity index (χ1) is 15.0. The van der Waals surface area contributed by atoms with Crippen LogP contribution in [0.3, 0.4) is 0 Å². The molecular formula is C24H22BrClN2O3.